The van der Waals surface area contributed by atoms with Gasteiger partial charge in [-0.05, 0) is 30.2 Å². The highest BCUT2D eigenvalue weighted by Gasteiger charge is 2.12. The van der Waals surface area contributed by atoms with Crippen LogP contribution in [0.2, 0.25) is 0 Å². The van der Waals surface area contributed by atoms with Crippen LogP contribution >= 0.6 is 0 Å². The first-order valence-corrected chi connectivity index (χ1v) is 6.51. The predicted molar refractivity (Wildman–Crippen MR) is 79.2 cm³/mol. The van der Waals surface area contributed by atoms with E-state index in [0.717, 1.165) is 17.6 Å². The van der Waals surface area contributed by atoms with Crippen molar-refractivity contribution < 1.29 is 4.74 Å². The zero-order valence-electron chi connectivity index (χ0n) is 11.5. The van der Waals surface area contributed by atoms with E-state index in [1.807, 2.05) is 22.8 Å². The minimum Gasteiger partial charge on any atom is -0.481 e. The van der Waals surface area contributed by atoms with Crippen molar-refractivity contribution in [1.82, 2.24) is 14.5 Å². The molecule has 1 aromatic carbocycles. The van der Waals surface area contributed by atoms with Gasteiger partial charge in [-0.25, -0.2) is 4.98 Å². The number of aromatic nitrogens is 3. The number of hydrogen-bond acceptors (Lipinski definition) is 4. The maximum absolute atomic E-state index is 6.04. The average Bonchev–Trinajstić information content (AvgIpc) is 2.82. The first-order valence-electron chi connectivity index (χ1n) is 6.51. The highest BCUT2D eigenvalue weighted by molar-refractivity contribution is 5.77. The van der Waals surface area contributed by atoms with Crippen molar-refractivity contribution in [2.75, 3.05) is 12.8 Å². The largest absolute Gasteiger partial charge is 0.481 e. The summed E-state index contributed by atoms with van der Waals surface area (Å²) in [4.78, 5) is 8.79. The fourth-order valence-electron chi connectivity index (χ4n) is 2.24. The maximum atomic E-state index is 6.04. The summed E-state index contributed by atoms with van der Waals surface area (Å²) >= 11 is 0. The molecule has 20 heavy (non-hydrogen) atoms. The van der Waals surface area contributed by atoms with Gasteiger partial charge in [0.15, 0.2) is 5.65 Å². The van der Waals surface area contributed by atoms with Gasteiger partial charge in [0.2, 0.25) is 11.8 Å². The molecule has 2 aromatic heterocycles. The predicted octanol–water partition coefficient (Wildman–Crippen LogP) is 2.57. The summed E-state index contributed by atoms with van der Waals surface area (Å²) in [5, 5.41) is 0. The fraction of sp³-hybridized carbons (Fsp3) is 0.200. The molecule has 0 aliphatic carbocycles. The highest BCUT2D eigenvalue weighted by Crippen LogP contribution is 2.24. The Morgan fingerprint density at radius 1 is 1.20 bits per heavy atom. The number of rotatable bonds is 3. The van der Waals surface area contributed by atoms with Gasteiger partial charge in [0.1, 0.15) is 5.52 Å². The molecule has 0 aliphatic heterocycles. The number of benzene rings is 1. The third-order valence-electron chi connectivity index (χ3n) is 3.29. The second kappa shape index (κ2) is 4.85. The summed E-state index contributed by atoms with van der Waals surface area (Å²) in [6.45, 7) is 2.12. The van der Waals surface area contributed by atoms with Crippen molar-refractivity contribution in [1.29, 1.82) is 0 Å². The Labute approximate surface area is 117 Å². The van der Waals surface area contributed by atoms with Gasteiger partial charge >= 0.3 is 0 Å². The van der Waals surface area contributed by atoms with Crippen LogP contribution in [0.4, 0.5) is 5.95 Å². The number of anilines is 1. The molecule has 0 bridgehead atoms. The number of nitrogens with two attached hydrogens (primary N) is 1. The minimum absolute atomic E-state index is 0.425. The summed E-state index contributed by atoms with van der Waals surface area (Å²) in [6, 6.07) is 11.8. The van der Waals surface area contributed by atoms with Crippen LogP contribution in [-0.2, 0) is 6.42 Å². The number of imidazole rings is 1. The Hall–Kier alpha value is -2.56. The topological polar surface area (TPSA) is 66.0 Å². The zero-order valence-corrected chi connectivity index (χ0v) is 11.5. The summed E-state index contributed by atoms with van der Waals surface area (Å²) in [5.74, 6) is 0.972. The van der Waals surface area contributed by atoms with Crippen LogP contribution in [0.1, 0.15) is 12.5 Å². The van der Waals surface area contributed by atoms with E-state index < -0.39 is 0 Å². The molecule has 5 heteroatoms. The maximum Gasteiger partial charge on any atom is 0.215 e. The normalized spacial score (nSPS) is 10.9. The molecule has 0 amide bonds. The van der Waals surface area contributed by atoms with Crippen molar-refractivity contribution >= 4 is 17.1 Å². The van der Waals surface area contributed by atoms with Crippen molar-refractivity contribution in [3.05, 3.63) is 42.0 Å². The first kappa shape index (κ1) is 12.5. The molecule has 0 spiro atoms. The Balaban J connectivity index is 2.25. The molecule has 3 rings (SSSR count). The van der Waals surface area contributed by atoms with E-state index in [9.17, 15) is 0 Å². The Bertz CT molecular complexity index is 764. The number of nitrogens with zero attached hydrogens (tertiary/aromatic N) is 3. The van der Waals surface area contributed by atoms with Crippen LogP contribution in [-0.4, -0.2) is 21.6 Å². The third-order valence-corrected chi connectivity index (χ3v) is 3.29. The molecule has 0 unspecified atom stereocenters. The monoisotopic (exact) mass is 268 g/mol. The van der Waals surface area contributed by atoms with Gasteiger partial charge in [-0.15, -0.1) is 0 Å². The van der Waals surface area contributed by atoms with Crippen LogP contribution in [0.5, 0.6) is 5.88 Å². The molecule has 2 N–H and O–H groups in total. The standard InChI is InChI=1S/C15H16N4O/c1-3-10-5-4-6-11(9-10)19-14-12(17-15(19)16)7-8-13(18-14)20-2/h4-9H,3H2,1-2H3,(H2,16,17). The molecule has 5 nitrogen and oxygen atoms in total. The lowest BCUT2D eigenvalue weighted by molar-refractivity contribution is 0.399. The zero-order chi connectivity index (χ0) is 14.1. The third kappa shape index (κ3) is 1.97. The second-order valence-corrected chi connectivity index (χ2v) is 4.53. The lowest BCUT2D eigenvalue weighted by atomic mass is 10.1. The van der Waals surface area contributed by atoms with Gasteiger partial charge in [-0.2, -0.15) is 4.98 Å². The molecule has 3 aromatic rings. The van der Waals surface area contributed by atoms with Gasteiger partial charge in [-0.3, -0.25) is 4.57 Å². The van der Waals surface area contributed by atoms with Crippen LogP contribution in [0.15, 0.2) is 36.4 Å². The summed E-state index contributed by atoms with van der Waals surface area (Å²) in [7, 11) is 1.59. The van der Waals surface area contributed by atoms with E-state index in [1.54, 1.807) is 13.2 Å². The number of pyridine rings is 1. The van der Waals surface area contributed by atoms with Crippen LogP contribution in [0.25, 0.3) is 16.9 Å². The second-order valence-electron chi connectivity index (χ2n) is 4.53. The number of methoxy groups -OCH3 is 1. The Morgan fingerprint density at radius 2 is 2.05 bits per heavy atom. The van der Waals surface area contributed by atoms with Gasteiger partial charge in [0.05, 0.1) is 12.8 Å². The van der Waals surface area contributed by atoms with Gasteiger partial charge in [-0.1, -0.05) is 19.1 Å². The molecule has 0 saturated heterocycles. The minimum atomic E-state index is 0.425. The first-order chi connectivity index (χ1) is 9.72. The van der Waals surface area contributed by atoms with E-state index in [0.29, 0.717) is 17.5 Å². The van der Waals surface area contributed by atoms with Crippen molar-refractivity contribution in [3.8, 4) is 11.6 Å². The van der Waals surface area contributed by atoms with E-state index in [1.165, 1.54) is 5.56 Å². The fourth-order valence-corrected chi connectivity index (χ4v) is 2.24. The average molecular weight is 268 g/mol. The summed E-state index contributed by atoms with van der Waals surface area (Å²) in [5.41, 5.74) is 9.70. The van der Waals surface area contributed by atoms with E-state index in [2.05, 4.69) is 29.0 Å². The van der Waals surface area contributed by atoms with E-state index in [-0.39, 0.29) is 0 Å². The quantitative estimate of drug-likeness (QED) is 0.792. The molecular weight excluding hydrogens is 252 g/mol. The van der Waals surface area contributed by atoms with Gasteiger partial charge in [0, 0.05) is 6.07 Å². The lowest BCUT2D eigenvalue weighted by Crippen LogP contribution is -2.02. The molecular formula is C15H16N4O. The molecule has 0 fully saturated rings. The SMILES string of the molecule is CCc1cccc(-n2c(N)nc3ccc(OC)nc32)c1. The number of nitrogen functional groups attached to an aromatic ring is 1. The van der Waals surface area contributed by atoms with Gasteiger partial charge < -0.3 is 10.5 Å². The van der Waals surface area contributed by atoms with Crippen LogP contribution in [0, 0.1) is 0 Å². The molecule has 0 radical (unpaired) electrons. The number of aryl methyl sites for hydroxylation is 1. The molecule has 0 atom stereocenters. The summed E-state index contributed by atoms with van der Waals surface area (Å²) in [6.07, 6.45) is 0.969. The highest BCUT2D eigenvalue weighted by atomic mass is 16.5. The van der Waals surface area contributed by atoms with Crippen molar-refractivity contribution in [2.45, 2.75) is 13.3 Å². The van der Waals surface area contributed by atoms with E-state index >= 15 is 0 Å². The molecule has 102 valence electrons. The van der Waals surface area contributed by atoms with Gasteiger partial charge in [0.25, 0.3) is 0 Å². The Morgan fingerprint density at radius 3 is 2.80 bits per heavy atom. The van der Waals surface area contributed by atoms with Crippen molar-refractivity contribution in [2.24, 2.45) is 0 Å². The number of ether oxygens (including phenoxy) is 1. The smallest absolute Gasteiger partial charge is 0.215 e. The Kier molecular flexibility index (Phi) is 3.02. The van der Waals surface area contributed by atoms with Crippen LogP contribution < -0.4 is 10.5 Å². The lowest BCUT2D eigenvalue weighted by Gasteiger charge is -2.08. The molecule has 0 aliphatic rings. The van der Waals surface area contributed by atoms with E-state index in [4.69, 9.17) is 10.5 Å². The number of hydrogen-bond donors (Lipinski definition) is 1. The van der Waals surface area contributed by atoms with Crippen molar-refractivity contribution in [3.63, 3.8) is 0 Å². The number of fused-ring (bicyclic) bond motifs is 1. The van der Waals surface area contributed by atoms with Crippen LogP contribution in [0.3, 0.4) is 0 Å². The molecule has 2 heterocycles. The molecule has 0 saturated carbocycles. The summed E-state index contributed by atoms with van der Waals surface area (Å²) < 4.78 is 7.02.